The second-order valence-electron chi connectivity index (χ2n) is 7.23. The van der Waals surface area contributed by atoms with Crippen molar-refractivity contribution in [1.82, 2.24) is 15.2 Å². The van der Waals surface area contributed by atoms with E-state index in [1.165, 1.54) is 11.8 Å². The van der Waals surface area contributed by atoms with Crippen molar-refractivity contribution in [3.8, 4) is 23.0 Å². The van der Waals surface area contributed by atoms with Gasteiger partial charge in [0.25, 0.3) is 11.1 Å². The van der Waals surface area contributed by atoms with E-state index in [2.05, 4.69) is 15.3 Å². The summed E-state index contributed by atoms with van der Waals surface area (Å²) in [4.78, 5) is 15.3. The molecule has 8 nitrogen and oxygen atoms in total. The molecule has 2 aliphatic rings. The minimum absolute atomic E-state index is 0.0953. The van der Waals surface area contributed by atoms with Gasteiger partial charge in [-0.25, -0.2) is 5.01 Å². The Morgan fingerprint density at radius 2 is 1.97 bits per heavy atom. The molecule has 33 heavy (non-hydrogen) atoms. The molecule has 1 amide bonds. The third kappa shape index (κ3) is 4.03. The zero-order chi connectivity index (χ0) is 22.2. The summed E-state index contributed by atoms with van der Waals surface area (Å²) in [5, 5.41) is 18.8. The van der Waals surface area contributed by atoms with Crippen molar-refractivity contribution in [2.24, 2.45) is 5.10 Å². The first-order valence-corrected chi connectivity index (χ1v) is 12.8. The Labute approximate surface area is 200 Å². The standard InChI is InChI=1S/C22H16N4O4S3/c27-20(26-15(19-4-2-8-32-19)10-14(25-26)18-3-1-7-31-18)11-33-22-24-23-21(30-22)13-5-6-16-17(9-13)29-12-28-16/h1-9,15H,10-12H2. The summed E-state index contributed by atoms with van der Waals surface area (Å²) in [5.74, 6) is 1.73. The van der Waals surface area contributed by atoms with Crippen LogP contribution in [0.2, 0.25) is 0 Å². The van der Waals surface area contributed by atoms with Gasteiger partial charge in [0, 0.05) is 16.9 Å². The average Bonchev–Trinajstić information content (AvgIpc) is 3.67. The van der Waals surface area contributed by atoms with E-state index in [1.54, 1.807) is 39.8 Å². The Balaban J connectivity index is 1.17. The van der Waals surface area contributed by atoms with Gasteiger partial charge >= 0.3 is 0 Å². The van der Waals surface area contributed by atoms with E-state index in [0.29, 0.717) is 29.0 Å². The highest BCUT2D eigenvalue weighted by Crippen LogP contribution is 2.38. The van der Waals surface area contributed by atoms with Crippen LogP contribution < -0.4 is 9.47 Å². The fourth-order valence-corrected chi connectivity index (χ4v) is 5.79. The Hall–Kier alpha value is -3.15. The molecule has 6 rings (SSSR count). The molecule has 4 aromatic rings. The third-order valence-electron chi connectivity index (χ3n) is 5.19. The predicted molar refractivity (Wildman–Crippen MR) is 126 cm³/mol. The van der Waals surface area contributed by atoms with E-state index in [-0.39, 0.29) is 24.5 Å². The summed E-state index contributed by atoms with van der Waals surface area (Å²) in [6.07, 6.45) is 0.701. The Morgan fingerprint density at radius 1 is 1.09 bits per heavy atom. The van der Waals surface area contributed by atoms with Crippen LogP contribution in [0.25, 0.3) is 11.5 Å². The lowest BCUT2D eigenvalue weighted by atomic mass is 10.1. The third-order valence-corrected chi connectivity index (χ3v) is 7.88. The highest BCUT2D eigenvalue weighted by atomic mass is 32.2. The quantitative estimate of drug-likeness (QED) is 0.345. The number of carbonyl (C=O) groups excluding carboxylic acids is 1. The van der Waals surface area contributed by atoms with Gasteiger partial charge in [0.2, 0.25) is 12.7 Å². The van der Waals surface area contributed by atoms with Crippen LogP contribution in [0.5, 0.6) is 11.5 Å². The van der Waals surface area contributed by atoms with E-state index in [0.717, 1.165) is 21.0 Å². The van der Waals surface area contributed by atoms with Gasteiger partial charge in [-0.15, -0.1) is 32.9 Å². The molecule has 0 aliphatic carbocycles. The number of amides is 1. The minimum Gasteiger partial charge on any atom is -0.454 e. The molecule has 0 spiro atoms. The molecule has 166 valence electrons. The molecule has 0 bridgehead atoms. The first-order chi connectivity index (χ1) is 16.2. The number of hydrazone groups is 1. The number of benzene rings is 1. The number of nitrogens with zero attached hydrogens (tertiary/aromatic N) is 4. The summed E-state index contributed by atoms with van der Waals surface area (Å²) in [6.45, 7) is 0.200. The molecule has 2 aliphatic heterocycles. The van der Waals surface area contributed by atoms with Crippen LogP contribution in [0, 0.1) is 0 Å². The summed E-state index contributed by atoms with van der Waals surface area (Å²) >= 11 is 4.47. The lowest BCUT2D eigenvalue weighted by molar-refractivity contribution is -0.130. The van der Waals surface area contributed by atoms with Gasteiger partial charge in [0.15, 0.2) is 11.5 Å². The Morgan fingerprint density at radius 3 is 2.82 bits per heavy atom. The van der Waals surface area contributed by atoms with E-state index in [1.807, 2.05) is 41.1 Å². The van der Waals surface area contributed by atoms with E-state index < -0.39 is 0 Å². The largest absolute Gasteiger partial charge is 0.454 e. The minimum atomic E-state index is -0.104. The highest BCUT2D eigenvalue weighted by molar-refractivity contribution is 7.99. The molecule has 11 heteroatoms. The molecular formula is C22H16N4O4S3. The maximum Gasteiger partial charge on any atom is 0.277 e. The molecule has 0 fully saturated rings. The van der Waals surface area contributed by atoms with E-state index >= 15 is 0 Å². The van der Waals surface area contributed by atoms with Gasteiger partial charge in [-0.2, -0.15) is 5.10 Å². The SMILES string of the molecule is O=C(CSc1nnc(-c2ccc3c(c2)OCO3)o1)N1N=C(c2cccs2)CC1c1cccs1. The number of thiophene rings is 2. The fraction of sp³-hybridized carbons (Fsp3) is 0.182. The molecule has 1 atom stereocenters. The monoisotopic (exact) mass is 496 g/mol. The van der Waals surface area contributed by atoms with Crippen molar-refractivity contribution in [3.05, 3.63) is 63.0 Å². The molecule has 5 heterocycles. The van der Waals surface area contributed by atoms with Crippen LogP contribution >= 0.6 is 34.4 Å². The molecule has 1 aromatic carbocycles. The normalized spacial score (nSPS) is 16.9. The number of ether oxygens (including phenoxy) is 2. The van der Waals surface area contributed by atoms with Crippen molar-refractivity contribution < 1.29 is 18.7 Å². The van der Waals surface area contributed by atoms with E-state index in [4.69, 9.17) is 13.9 Å². The molecule has 0 radical (unpaired) electrons. The first kappa shape index (κ1) is 20.5. The van der Waals surface area contributed by atoms with Crippen LogP contribution in [0.1, 0.15) is 22.2 Å². The lowest BCUT2D eigenvalue weighted by Gasteiger charge is -2.20. The maximum absolute atomic E-state index is 13.1. The van der Waals surface area contributed by atoms with Crippen LogP contribution in [0.3, 0.4) is 0 Å². The van der Waals surface area contributed by atoms with Crippen molar-refractivity contribution in [1.29, 1.82) is 0 Å². The van der Waals surface area contributed by atoms with Crippen molar-refractivity contribution >= 4 is 46.1 Å². The lowest BCUT2D eigenvalue weighted by Crippen LogP contribution is -2.28. The number of fused-ring (bicyclic) bond motifs is 1. The summed E-state index contributed by atoms with van der Waals surface area (Å²) in [6, 6.07) is 13.4. The zero-order valence-electron chi connectivity index (χ0n) is 17.0. The second kappa shape index (κ2) is 8.65. The van der Waals surface area contributed by atoms with Crippen LogP contribution in [0.4, 0.5) is 0 Å². The fourth-order valence-electron chi connectivity index (χ4n) is 3.64. The maximum atomic E-state index is 13.1. The number of hydrogen-bond donors (Lipinski definition) is 0. The molecule has 1 unspecified atom stereocenters. The summed E-state index contributed by atoms with van der Waals surface area (Å²) < 4.78 is 16.5. The zero-order valence-corrected chi connectivity index (χ0v) is 19.5. The number of thioether (sulfide) groups is 1. The van der Waals surface area contributed by atoms with Gasteiger partial charge in [-0.05, 0) is 41.1 Å². The number of rotatable bonds is 6. The predicted octanol–water partition coefficient (Wildman–Crippen LogP) is 5.06. The topological polar surface area (TPSA) is 90.0 Å². The van der Waals surface area contributed by atoms with Gasteiger partial charge in [-0.1, -0.05) is 23.9 Å². The molecule has 0 saturated heterocycles. The van der Waals surface area contributed by atoms with E-state index in [9.17, 15) is 4.79 Å². The van der Waals surface area contributed by atoms with Crippen molar-refractivity contribution in [3.63, 3.8) is 0 Å². The summed E-state index contributed by atoms with van der Waals surface area (Å²) in [7, 11) is 0. The molecule has 3 aromatic heterocycles. The van der Waals surface area contributed by atoms with Crippen LogP contribution in [-0.4, -0.2) is 39.4 Å². The smallest absolute Gasteiger partial charge is 0.277 e. The number of hydrogen-bond acceptors (Lipinski definition) is 10. The number of carbonyl (C=O) groups is 1. The van der Waals surface area contributed by atoms with Crippen molar-refractivity contribution in [2.75, 3.05) is 12.5 Å². The first-order valence-electron chi connectivity index (χ1n) is 10.1. The molecule has 0 N–H and O–H groups in total. The second-order valence-corrected chi connectivity index (χ2v) is 10.1. The van der Waals surface area contributed by atoms with Crippen LogP contribution in [-0.2, 0) is 4.79 Å². The molecule has 0 saturated carbocycles. The van der Waals surface area contributed by atoms with Gasteiger partial charge in [0.05, 0.1) is 22.4 Å². The van der Waals surface area contributed by atoms with Crippen molar-refractivity contribution in [2.45, 2.75) is 17.7 Å². The highest BCUT2D eigenvalue weighted by Gasteiger charge is 2.34. The average molecular weight is 497 g/mol. The molecular weight excluding hydrogens is 480 g/mol. The van der Waals surface area contributed by atoms with Crippen LogP contribution in [0.15, 0.2) is 68.0 Å². The Kier molecular flexibility index (Phi) is 5.36. The van der Waals surface area contributed by atoms with Gasteiger partial charge in [0.1, 0.15) is 0 Å². The van der Waals surface area contributed by atoms with Gasteiger partial charge < -0.3 is 13.9 Å². The Bertz CT molecular complexity index is 1320. The van der Waals surface area contributed by atoms with Gasteiger partial charge in [-0.3, -0.25) is 4.79 Å². The number of aromatic nitrogens is 2. The summed E-state index contributed by atoms with van der Waals surface area (Å²) in [5.41, 5.74) is 1.66.